The van der Waals surface area contributed by atoms with Crippen LogP contribution in [0.15, 0.2) is 47.4 Å². The molecule has 0 N–H and O–H groups in total. The minimum absolute atomic E-state index is 0.0167. The maximum atomic E-state index is 12.0. The molecule has 3 rings (SSSR count). The number of ether oxygens (including phenoxy) is 1. The van der Waals surface area contributed by atoms with Crippen LogP contribution in [0.2, 0.25) is 0 Å². The summed E-state index contributed by atoms with van der Waals surface area (Å²) < 4.78 is 7.50. The molecule has 0 saturated carbocycles. The second-order valence-electron chi connectivity index (χ2n) is 6.87. The molecule has 1 aromatic carbocycles. The standard InChI is InChI=1S/C21H28N2O2/c1-18-7-12-21(24)23(17-18)19-8-10-20(11-9-19)25-16-6-5-15-22-13-3-2-4-14-22/h7-12,17H,2-6,13-16H2,1H3. The van der Waals surface area contributed by atoms with E-state index in [4.69, 9.17) is 4.74 Å². The first kappa shape index (κ1) is 17.7. The number of pyridine rings is 1. The number of likely N-dealkylation sites (tertiary alicyclic amines) is 1. The zero-order chi connectivity index (χ0) is 17.5. The first-order chi connectivity index (χ1) is 12.2. The molecule has 1 fully saturated rings. The number of hydrogen-bond acceptors (Lipinski definition) is 3. The van der Waals surface area contributed by atoms with Crippen LogP contribution in [0.1, 0.15) is 37.7 Å². The Morgan fingerprint density at radius 3 is 2.48 bits per heavy atom. The highest BCUT2D eigenvalue weighted by Crippen LogP contribution is 2.15. The van der Waals surface area contributed by atoms with Gasteiger partial charge in [0, 0.05) is 18.0 Å². The maximum absolute atomic E-state index is 12.0. The van der Waals surface area contributed by atoms with Crippen molar-refractivity contribution in [2.45, 2.75) is 39.0 Å². The van der Waals surface area contributed by atoms with Gasteiger partial charge in [0.05, 0.1) is 6.61 Å². The molecule has 0 bridgehead atoms. The summed E-state index contributed by atoms with van der Waals surface area (Å²) in [4.78, 5) is 14.5. The van der Waals surface area contributed by atoms with Crippen molar-refractivity contribution in [2.24, 2.45) is 0 Å². The summed E-state index contributed by atoms with van der Waals surface area (Å²) in [7, 11) is 0. The minimum Gasteiger partial charge on any atom is -0.494 e. The van der Waals surface area contributed by atoms with E-state index >= 15 is 0 Å². The van der Waals surface area contributed by atoms with E-state index in [9.17, 15) is 4.79 Å². The minimum atomic E-state index is -0.0167. The van der Waals surface area contributed by atoms with Gasteiger partial charge in [-0.1, -0.05) is 12.5 Å². The molecule has 0 atom stereocenters. The van der Waals surface area contributed by atoms with Gasteiger partial charge in [-0.3, -0.25) is 9.36 Å². The Morgan fingerprint density at radius 1 is 0.960 bits per heavy atom. The molecule has 1 aliphatic rings. The van der Waals surface area contributed by atoms with Gasteiger partial charge in [-0.25, -0.2) is 0 Å². The van der Waals surface area contributed by atoms with Gasteiger partial charge in [-0.2, -0.15) is 0 Å². The van der Waals surface area contributed by atoms with E-state index in [0.29, 0.717) is 0 Å². The third-order valence-corrected chi connectivity index (χ3v) is 4.76. The molecule has 0 amide bonds. The first-order valence-corrected chi connectivity index (χ1v) is 9.37. The van der Waals surface area contributed by atoms with Crippen molar-refractivity contribution in [3.63, 3.8) is 0 Å². The molecular weight excluding hydrogens is 312 g/mol. The summed E-state index contributed by atoms with van der Waals surface area (Å²) in [6.45, 7) is 6.45. The van der Waals surface area contributed by atoms with E-state index < -0.39 is 0 Å². The van der Waals surface area contributed by atoms with E-state index in [-0.39, 0.29) is 5.56 Å². The second kappa shape index (κ2) is 8.86. The Hall–Kier alpha value is -2.07. The predicted molar refractivity (Wildman–Crippen MR) is 102 cm³/mol. The third-order valence-electron chi connectivity index (χ3n) is 4.76. The molecule has 0 radical (unpaired) electrons. The number of rotatable bonds is 7. The predicted octanol–water partition coefficient (Wildman–Crippen LogP) is 3.79. The summed E-state index contributed by atoms with van der Waals surface area (Å²) in [5.74, 6) is 0.863. The molecule has 4 nitrogen and oxygen atoms in total. The monoisotopic (exact) mass is 340 g/mol. The molecule has 1 aromatic heterocycles. The van der Waals surface area contributed by atoms with Gasteiger partial charge < -0.3 is 9.64 Å². The Morgan fingerprint density at radius 2 is 1.72 bits per heavy atom. The lowest BCUT2D eigenvalue weighted by molar-refractivity contribution is 0.216. The van der Waals surface area contributed by atoms with Gasteiger partial charge in [0.2, 0.25) is 0 Å². The summed E-state index contributed by atoms with van der Waals surface area (Å²) in [6, 6.07) is 11.2. The average Bonchev–Trinajstić information content (AvgIpc) is 2.65. The molecule has 2 heterocycles. The molecule has 0 unspecified atom stereocenters. The Balaban J connectivity index is 1.44. The molecule has 25 heavy (non-hydrogen) atoms. The summed E-state index contributed by atoms with van der Waals surface area (Å²) in [5, 5.41) is 0. The van der Waals surface area contributed by atoms with Crippen LogP contribution in [0.5, 0.6) is 5.75 Å². The molecule has 134 valence electrons. The SMILES string of the molecule is Cc1ccc(=O)n(-c2ccc(OCCCCN3CCCCC3)cc2)c1. The molecule has 0 aliphatic carbocycles. The zero-order valence-electron chi connectivity index (χ0n) is 15.1. The van der Waals surface area contributed by atoms with Gasteiger partial charge in [0.1, 0.15) is 5.75 Å². The number of benzene rings is 1. The lowest BCUT2D eigenvalue weighted by Gasteiger charge is -2.26. The van der Waals surface area contributed by atoms with E-state index in [2.05, 4.69) is 4.90 Å². The van der Waals surface area contributed by atoms with Crippen LogP contribution >= 0.6 is 0 Å². The molecule has 0 spiro atoms. The van der Waals surface area contributed by atoms with Crippen molar-refractivity contribution in [3.8, 4) is 11.4 Å². The highest BCUT2D eigenvalue weighted by molar-refractivity contribution is 5.38. The number of aryl methyl sites for hydroxylation is 1. The van der Waals surface area contributed by atoms with Gasteiger partial charge >= 0.3 is 0 Å². The Bertz CT molecular complexity index is 715. The van der Waals surface area contributed by atoms with Crippen LogP contribution < -0.4 is 10.3 Å². The van der Waals surface area contributed by atoms with E-state index in [1.54, 1.807) is 10.6 Å². The highest BCUT2D eigenvalue weighted by Gasteiger charge is 2.08. The van der Waals surface area contributed by atoms with Crippen LogP contribution in [0, 0.1) is 6.92 Å². The highest BCUT2D eigenvalue weighted by atomic mass is 16.5. The summed E-state index contributed by atoms with van der Waals surface area (Å²) in [5.41, 5.74) is 1.91. The second-order valence-corrected chi connectivity index (χ2v) is 6.87. The summed E-state index contributed by atoms with van der Waals surface area (Å²) in [6.07, 6.45) is 8.23. The topological polar surface area (TPSA) is 34.5 Å². The van der Waals surface area contributed by atoms with Crippen LogP contribution in [0.3, 0.4) is 0 Å². The van der Waals surface area contributed by atoms with Crippen molar-refractivity contribution < 1.29 is 4.74 Å². The molecule has 4 heteroatoms. The first-order valence-electron chi connectivity index (χ1n) is 9.37. The fraction of sp³-hybridized carbons (Fsp3) is 0.476. The van der Waals surface area contributed by atoms with Crippen molar-refractivity contribution in [3.05, 3.63) is 58.5 Å². The number of nitrogens with zero attached hydrogens (tertiary/aromatic N) is 2. The van der Waals surface area contributed by atoms with E-state index in [1.807, 2.05) is 43.5 Å². The zero-order valence-corrected chi connectivity index (χ0v) is 15.1. The Labute approximate surface area is 150 Å². The van der Waals surface area contributed by atoms with Crippen LogP contribution in [0.25, 0.3) is 5.69 Å². The third kappa shape index (κ3) is 5.20. The van der Waals surface area contributed by atoms with Crippen molar-refractivity contribution in [1.29, 1.82) is 0 Å². The number of unbranched alkanes of at least 4 members (excludes halogenated alkanes) is 1. The molecular formula is C21H28N2O2. The lowest BCUT2D eigenvalue weighted by Crippen LogP contribution is -2.30. The van der Waals surface area contributed by atoms with Crippen molar-refractivity contribution in [2.75, 3.05) is 26.2 Å². The fourth-order valence-electron chi connectivity index (χ4n) is 3.31. The summed E-state index contributed by atoms with van der Waals surface area (Å²) >= 11 is 0. The number of piperidine rings is 1. The molecule has 1 saturated heterocycles. The number of hydrogen-bond donors (Lipinski definition) is 0. The fourth-order valence-corrected chi connectivity index (χ4v) is 3.31. The van der Waals surface area contributed by atoms with Crippen LogP contribution in [-0.4, -0.2) is 35.7 Å². The number of aromatic nitrogens is 1. The van der Waals surface area contributed by atoms with Gasteiger partial charge in [0.15, 0.2) is 0 Å². The van der Waals surface area contributed by atoms with Crippen LogP contribution in [0.4, 0.5) is 0 Å². The molecule has 2 aromatic rings. The largest absolute Gasteiger partial charge is 0.494 e. The van der Waals surface area contributed by atoms with Crippen molar-refractivity contribution in [1.82, 2.24) is 9.47 Å². The normalized spacial score (nSPS) is 15.2. The Kier molecular flexibility index (Phi) is 6.29. The molecule has 1 aliphatic heterocycles. The average molecular weight is 340 g/mol. The van der Waals surface area contributed by atoms with Gasteiger partial charge in [0.25, 0.3) is 5.56 Å². The van der Waals surface area contributed by atoms with Gasteiger partial charge in [-0.15, -0.1) is 0 Å². The lowest BCUT2D eigenvalue weighted by atomic mass is 10.1. The van der Waals surface area contributed by atoms with E-state index in [0.717, 1.165) is 30.0 Å². The van der Waals surface area contributed by atoms with Crippen LogP contribution in [-0.2, 0) is 0 Å². The maximum Gasteiger partial charge on any atom is 0.255 e. The smallest absolute Gasteiger partial charge is 0.255 e. The quantitative estimate of drug-likeness (QED) is 0.719. The van der Waals surface area contributed by atoms with Crippen molar-refractivity contribution >= 4 is 0 Å². The van der Waals surface area contributed by atoms with Gasteiger partial charge in [-0.05, 0) is 82.1 Å². The van der Waals surface area contributed by atoms with E-state index in [1.165, 1.54) is 45.3 Å².